The first-order chi connectivity index (χ1) is 9.70. The second-order valence-electron chi connectivity index (χ2n) is 5.35. The van der Waals surface area contributed by atoms with E-state index in [1.165, 1.54) is 13.1 Å². The topological polar surface area (TPSA) is 49.4 Å². The molecule has 0 radical (unpaired) electrons. The monoisotopic (exact) mass is 320 g/mol. The summed E-state index contributed by atoms with van der Waals surface area (Å²) >= 11 is 0. The van der Waals surface area contributed by atoms with E-state index in [0.717, 1.165) is 10.4 Å². The van der Waals surface area contributed by atoms with Crippen molar-refractivity contribution in [2.45, 2.75) is 32.2 Å². The van der Waals surface area contributed by atoms with Gasteiger partial charge < -0.3 is 5.32 Å². The van der Waals surface area contributed by atoms with Crippen LogP contribution >= 0.6 is 0 Å². The maximum absolute atomic E-state index is 13.9. The Morgan fingerprint density at radius 2 is 1.90 bits per heavy atom. The van der Waals surface area contributed by atoms with Gasteiger partial charge in [-0.1, -0.05) is 20.8 Å². The Bertz CT molecular complexity index is 589. The molecule has 120 valence electrons. The molecule has 0 unspecified atom stereocenters. The van der Waals surface area contributed by atoms with Crippen molar-refractivity contribution in [1.82, 2.24) is 9.62 Å². The van der Waals surface area contributed by atoms with Gasteiger partial charge in [0.15, 0.2) is 11.6 Å². The third kappa shape index (κ3) is 4.46. The van der Waals surface area contributed by atoms with Crippen LogP contribution in [0.2, 0.25) is 0 Å². The highest BCUT2D eigenvalue weighted by molar-refractivity contribution is 7.89. The van der Waals surface area contributed by atoms with Crippen molar-refractivity contribution in [1.29, 1.82) is 0 Å². The first kappa shape index (κ1) is 18.0. The molecule has 0 spiro atoms. The average Bonchev–Trinajstić information content (AvgIpc) is 2.38. The number of halogens is 2. The van der Waals surface area contributed by atoms with E-state index < -0.39 is 26.6 Å². The van der Waals surface area contributed by atoms with E-state index in [-0.39, 0.29) is 19.0 Å². The standard InChI is InChI=1S/C14H22F2N2O2S/c1-5-17-8-11-6-12(15)14(16)13(7-11)21(19,20)18(4)9-10(2)3/h6-7,10,17H,5,8-9H2,1-4H3. The van der Waals surface area contributed by atoms with Crippen molar-refractivity contribution in [3.63, 3.8) is 0 Å². The van der Waals surface area contributed by atoms with Gasteiger partial charge in [0, 0.05) is 20.1 Å². The molecule has 1 N–H and O–H groups in total. The lowest BCUT2D eigenvalue weighted by molar-refractivity contribution is 0.410. The largest absolute Gasteiger partial charge is 0.313 e. The summed E-state index contributed by atoms with van der Waals surface area (Å²) in [5.74, 6) is -2.39. The van der Waals surface area contributed by atoms with Crippen LogP contribution in [0, 0.1) is 17.6 Å². The molecule has 4 nitrogen and oxygen atoms in total. The van der Waals surface area contributed by atoms with Crippen LogP contribution in [0.15, 0.2) is 17.0 Å². The molecular formula is C14H22F2N2O2S. The highest BCUT2D eigenvalue weighted by atomic mass is 32.2. The molecule has 0 fully saturated rings. The van der Waals surface area contributed by atoms with Gasteiger partial charge in [-0.05, 0) is 30.2 Å². The maximum Gasteiger partial charge on any atom is 0.245 e. The highest BCUT2D eigenvalue weighted by Gasteiger charge is 2.27. The fraction of sp³-hybridized carbons (Fsp3) is 0.571. The smallest absolute Gasteiger partial charge is 0.245 e. The van der Waals surface area contributed by atoms with Gasteiger partial charge in [-0.25, -0.2) is 21.5 Å². The first-order valence-corrected chi connectivity index (χ1v) is 8.29. The van der Waals surface area contributed by atoms with Crippen LogP contribution in [-0.4, -0.2) is 32.9 Å². The third-order valence-electron chi connectivity index (χ3n) is 2.94. The minimum Gasteiger partial charge on any atom is -0.313 e. The number of nitrogens with one attached hydrogen (secondary N) is 1. The van der Waals surface area contributed by atoms with E-state index in [1.807, 2.05) is 20.8 Å². The molecule has 1 rings (SSSR count). The predicted octanol–water partition coefficient (Wildman–Crippen LogP) is 2.35. The van der Waals surface area contributed by atoms with Crippen LogP contribution in [0.4, 0.5) is 8.78 Å². The van der Waals surface area contributed by atoms with Gasteiger partial charge >= 0.3 is 0 Å². The van der Waals surface area contributed by atoms with Crippen molar-refractivity contribution in [3.8, 4) is 0 Å². The van der Waals surface area contributed by atoms with Gasteiger partial charge in [0.25, 0.3) is 0 Å². The Hall–Kier alpha value is -1.05. The van der Waals surface area contributed by atoms with Crippen molar-refractivity contribution in [2.24, 2.45) is 5.92 Å². The van der Waals surface area contributed by atoms with Gasteiger partial charge in [-0.3, -0.25) is 0 Å². The Morgan fingerprint density at radius 3 is 2.43 bits per heavy atom. The summed E-state index contributed by atoms with van der Waals surface area (Å²) in [4.78, 5) is -0.612. The summed E-state index contributed by atoms with van der Waals surface area (Å²) < 4.78 is 53.3. The molecule has 0 aromatic heterocycles. The second kappa shape index (κ2) is 7.29. The zero-order valence-corrected chi connectivity index (χ0v) is 13.6. The number of hydrogen-bond donors (Lipinski definition) is 1. The minimum absolute atomic E-state index is 0.0858. The molecule has 0 saturated heterocycles. The van der Waals surface area contributed by atoms with E-state index in [2.05, 4.69) is 5.32 Å². The number of sulfonamides is 1. The van der Waals surface area contributed by atoms with E-state index in [1.54, 1.807) is 0 Å². The highest BCUT2D eigenvalue weighted by Crippen LogP contribution is 2.23. The van der Waals surface area contributed by atoms with Crippen LogP contribution in [0.3, 0.4) is 0 Å². The SMILES string of the molecule is CCNCc1cc(F)c(F)c(S(=O)(=O)N(C)CC(C)C)c1. The Balaban J connectivity index is 3.24. The molecule has 0 bridgehead atoms. The average molecular weight is 320 g/mol. The van der Waals surface area contributed by atoms with Crippen molar-refractivity contribution >= 4 is 10.0 Å². The van der Waals surface area contributed by atoms with E-state index in [4.69, 9.17) is 0 Å². The zero-order chi connectivity index (χ0) is 16.2. The normalized spacial score (nSPS) is 12.4. The van der Waals surface area contributed by atoms with Gasteiger partial charge in [0.2, 0.25) is 10.0 Å². The zero-order valence-electron chi connectivity index (χ0n) is 12.8. The molecule has 21 heavy (non-hydrogen) atoms. The lowest BCUT2D eigenvalue weighted by Crippen LogP contribution is -2.31. The molecule has 1 aromatic carbocycles. The van der Waals surface area contributed by atoms with E-state index >= 15 is 0 Å². The maximum atomic E-state index is 13.9. The molecule has 0 atom stereocenters. The second-order valence-corrected chi connectivity index (χ2v) is 7.36. The molecule has 0 aliphatic heterocycles. The molecular weight excluding hydrogens is 298 g/mol. The lowest BCUT2D eigenvalue weighted by Gasteiger charge is -2.20. The molecule has 7 heteroatoms. The van der Waals surface area contributed by atoms with Gasteiger partial charge in [-0.2, -0.15) is 0 Å². The molecule has 0 aliphatic carbocycles. The first-order valence-electron chi connectivity index (χ1n) is 6.85. The number of benzene rings is 1. The van der Waals surface area contributed by atoms with Crippen molar-refractivity contribution in [3.05, 3.63) is 29.3 Å². The summed E-state index contributed by atoms with van der Waals surface area (Å²) in [7, 11) is -2.68. The van der Waals surface area contributed by atoms with Crippen LogP contribution in [0.25, 0.3) is 0 Å². The van der Waals surface area contributed by atoms with Crippen LogP contribution in [0.1, 0.15) is 26.3 Å². The fourth-order valence-electron chi connectivity index (χ4n) is 1.96. The van der Waals surface area contributed by atoms with Crippen LogP contribution in [0.5, 0.6) is 0 Å². The predicted molar refractivity (Wildman–Crippen MR) is 78.4 cm³/mol. The number of nitrogens with zero attached hydrogens (tertiary/aromatic N) is 1. The molecule has 1 aromatic rings. The summed E-state index contributed by atoms with van der Waals surface area (Å²) in [5.41, 5.74) is 0.396. The van der Waals surface area contributed by atoms with Gasteiger partial charge in [0.1, 0.15) is 4.90 Å². The van der Waals surface area contributed by atoms with Crippen LogP contribution < -0.4 is 5.32 Å². The Labute approximate surface area is 125 Å². The molecule has 0 amide bonds. The lowest BCUT2D eigenvalue weighted by atomic mass is 10.2. The summed E-state index contributed by atoms with van der Waals surface area (Å²) in [5, 5.41) is 2.95. The van der Waals surface area contributed by atoms with Crippen LogP contribution in [-0.2, 0) is 16.6 Å². The van der Waals surface area contributed by atoms with E-state index in [9.17, 15) is 17.2 Å². The van der Waals surface area contributed by atoms with Gasteiger partial charge in [0.05, 0.1) is 0 Å². The van der Waals surface area contributed by atoms with Crippen molar-refractivity contribution in [2.75, 3.05) is 20.1 Å². The minimum atomic E-state index is -4.04. The summed E-state index contributed by atoms with van der Waals surface area (Å²) in [6.07, 6.45) is 0. The van der Waals surface area contributed by atoms with Gasteiger partial charge in [-0.15, -0.1) is 0 Å². The summed E-state index contributed by atoms with van der Waals surface area (Å²) in [6.45, 7) is 6.74. The molecule has 0 heterocycles. The third-order valence-corrected chi connectivity index (χ3v) is 4.77. The molecule has 0 aliphatic rings. The Kier molecular flexibility index (Phi) is 6.24. The Morgan fingerprint density at radius 1 is 1.29 bits per heavy atom. The quantitative estimate of drug-likeness (QED) is 0.839. The number of hydrogen-bond acceptors (Lipinski definition) is 3. The number of rotatable bonds is 7. The summed E-state index contributed by atoms with van der Waals surface area (Å²) in [6, 6.07) is 2.20. The molecule has 0 saturated carbocycles. The van der Waals surface area contributed by atoms with E-state index in [0.29, 0.717) is 12.1 Å². The fourth-order valence-corrected chi connectivity index (χ4v) is 3.41. The van der Waals surface area contributed by atoms with Crippen molar-refractivity contribution < 1.29 is 17.2 Å².